The van der Waals surface area contributed by atoms with E-state index in [1.165, 1.54) is 6.92 Å². The molecule has 1 amide bonds. The van der Waals surface area contributed by atoms with Crippen LogP contribution in [0.1, 0.15) is 27.2 Å². The maximum atomic E-state index is 12.0. The number of carbonyl (C=O) groups is 1. The monoisotopic (exact) mass is 247 g/mol. The number of carbonyl (C=O) groups excluding carboxylic acids is 1. The molecule has 1 aliphatic heterocycles. The van der Waals surface area contributed by atoms with Crippen molar-refractivity contribution < 1.29 is 13.2 Å². The molecule has 1 saturated heterocycles. The lowest BCUT2D eigenvalue weighted by molar-refractivity contribution is -0.133. The van der Waals surface area contributed by atoms with E-state index in [4.69, 9.17) is 0 Å². The zero-order valence-corrected chi connectivity index (χ0v) is 11.3. The average Bonchev–Trinajstić information content (AvgIpc) is 2.12. The zero-order chi connectivity index (χ0) is 12.5. The van der Waals surface area contributed by atoms with Gasteiger partial charge in [0.05, 0.1) is 0 Å². The number of likely N-dealkylation sites (tertiary alicyclic amines) is 1. The van der Waals surface area contributed by atoms with E-state index in [2.05, 4.69) is 13.8 Å². The third kappa shape index (κ3) is 3.20. The highest BCUT2D eigenvalue weighted by atomic mass is 32.2. The summed E-state index contributed by atoms with van der Waals surface area (Å²) in [5.74, 6) is 0.667. The highest BCUT2D eigenvalue weighted by Gasteiger charge is 2.32. The molecule has 0 saturated carbocycles. The molecule has 16 heavy (non-hydrogen) atoms. The molecule has 4 nitrogen and oxygen atoms in total. The number of rotatable bonds is 2. The Morgan fingerprint density at radius 2 is 1.69 bits per heavy atom. The highest BCUT2D eigenvalue weighted by Crippen LogP contribution is 2.22. The van der Waals surface area contributed by atoms with Gasteiger partial charge in [-0.3, -0.25) is 4.79 Å². The third-order valence-electron chi connectivity index (χ3n) is 3.17. The molecule has 94 valence electrons. The first-order chi connectivity index (χ1) is 7.21. The van der Waals surface area contributed by atoms with Crippen LogP contribution in [0.15, 0.2) is 0 Å². The van der Waals surface area contributed by atoms with Crippen LogP contribution in [0.2, 0.25) is 0 Å². The Hall–Kier alpha value is -0.580. The second-order valence-corrected chi connectivity index (χ2v) is 7.53. The van der Waals surface area contributed by atoms with Crippen molar-refractivity contribution in [2.24, 2.45) is 11.8 Å². The van der Waals surface area contributed by atoms with Crippen LogP contribution in [0.25, 0.3) is 0 Å². The van der Waals surface area contributed by atoms with E-state index in [0.717, 1.165) is 12.7 Å². The summed E-state index contributed by atoms with van der Waals surface area (Å²) in [7, 11) is -3.28. The van der Waals surface area contributed by atoms with Gasteiger partial charge in [-0.2, -0.15) is 0 Å². The minimum Gasteiger partial charge on any atom is -0.341 e. The molecule has 0 aromatic rings. The molecule has 0 N–H and O–H groups in total. The number of hydrogen-bond donors (Lipinski definition) is 0. The predicted molar refractivity (Wildman–Crippen MR) is 63.8 cm³/mol. The largest absolute Gasteiger partial charge is 0.341 e. The topological polar surface area (TPSA) is 54.5 Å². The summed E-state index contributed by atoms with van der Waals surface area (Å²) in [5, 5.41) is -0.912. The van der Waals surface area contributed by atoms with E-state index in [9.17, 15) is 13.2 Å². The molecule has 0 aliphatic carbocycles. The molecular formula is C11H21NO3S. The maximum Gasteiger partial charge on any atom is 0.240 e. The molecule has 1 fully saturated rings. The van der Waals surface area contributed by atoms with Crippen LogP contribution in [0, 0.1) is 11.8 Å². The molecule has 5 heteroatoms. The lowest BCUT2D eigenvalue weighted by Crippen LogP contribution is -2.48. The summed E-state index contributed by atoms with van der Waals surface area (Å²) < 4.78 is 22.7. The first-order valence-electron chi connectivity index (χ1n) is 5.69. The average molecular weight is 247 g/mol. The Morgan fingerprint density at radius 3 is 2.06 bits per heavy atom. The summed E-state index contributed by atoms with van der Waals surface area (Å²) in [6.07, 6.45) is 2.23. The predicted octanol–water partition coefficient (Wildman–Crippen LogP) is 0.924. The third-order valence-corrected chi connectivity index (χ3v) is 4.66. The molecule has 0 bridgehead atoms. The van der Waals surface area contributed by atoms with Crippen molar-refractivity contribution in [3.63, 3.8) is 0 Å². The first-order valence-corrected chi connectivity index (χ1v) is 7.65. The fraction of sp³-hybridized carbons (Fsp3) is 0.909. The molecular weight excluding hydrogens is 226 g/mol. The van der Waals surface area contributed by atoms with Gasteiger partial charge in [0, 0.05) is 19.3 Å². The van der Waals surface area contributed by atoms with E-state index < -0.39 is 15.1 Å². The number of sulfone groups is 1. The second-order valence-electron chi connectivity index (χ2n) is 5.16. The molecule has 0 aromatic heterocycles. The fourth-order valence-electron chi connectivity index (χ4n) is 2.28. The number of nitrogens with zero attached hydrogens (tertiary/aromatic N) is 1. The zero-order valence-electron chi connectivity index (χ0n) is 10.4. The van der Waals surface area contributed by atoms with Gasteiger partial charge in [0.25, 0.3) is 0 Å². The highest BCUT2D eigenvalue weighted by molar-refractivity contribution is 7.92. The van der Waals surface area contributed by atoms with Gasteiger partial charge >= 0.3 is 0 Å². The van der Waals surface area contributed by atoms with Crippen molar-refractivity contribution in [3.05, 3.63) is 0 Å². The summed E-state index contributed by atoms with van der Waals surface area (Å²) in [6.45, 7) is 7.04. The molecule has 1 aliphatic rings. The van der Waals surface area contributed by atoms with Crippen molar-refractivity contribution >= 4 is 15.7 Å². The molecule has 1 rings (SSSR count). The molecule has 0 spiro atoms. The van der Waals surface area contributed by atoms with Gasteiger partial charge in [-0.05, 0) is 25.2 Å². The van der Waals surface area contributed by atoms with E-state index in [0.29, 0.717) is 24.9 Å². The minimum absolute atomic E-state index is 0.249. The second kappa shape index (κ2) is 4.73. The Bertz CT molecular complexity index is 353. The molecule has 0 radical (unpaired) electrons. The van der Waals surface area contributed by atoms with Crippen LogP contribution in [0.5, 0.6) is 0 Å². The quantitative estimate of drug-likeness (QED) is 0.729. The Morgan fingerprint density at radius 1 is 1.25 bits per heavy atom. The Labute approximate surface area is 97.9 Å². The van der Waals surface area contributed by atoms with Crippen molar-refractivity contribution in [2.75, 3.05) is 19.3 Å². The molecule has 0 aromatic carbocycles. The van der Waals surface area contributed by atoms with E-state index >= 15 is 0 Å². The molecule has 0 unspecified atom stereocenters. The summed E-state index contributed by atoms with van der Waals surface area (Å²) in [4.78, 5) is 13.7. The smallest absolute Gasteiger partial charge is 0.240 e. The number of amides is 1. The van der Waals surface area contributed by atoms with E-state index in [1.54, 1.807) is 4.90 Å². The molecule has 3 atom stereocenters. The van der Waals surface area contributed by atoms with Crippen LogP contribution in [0.3, 0.4) is 0 Å². The van der Waals surface area contributed by atoms with Crippen LogP contribution >= 0.6 is 0 Å². The lowest BCUT2D eigenvalue weighted by Gasteiger charge is -2.36. The van der Waals surface area contributed by atoms with Crippen LogP contribution in [-0.4, -0.2) is 43.8 Å². The van der Waals surface area contributed by atoms with Gasteiger partial charge in [0.2, 0.25) is 5.91 Å². The van der Waals surface area contributed by atoms with Gasteiger partial charge in [0.1, 0.15) is 5.25 Å². The number of hydrogen-bond acceptors (Lipinski definition) is 3. The van der Waals surface area contributed by atoms with E-state index in [-0.39, 0.29) is 5.91 Å². The van der Waals surface area contributed by atoms with Gasteiger partial charge in [-0.25, -0.2) is 8.42 Å². The van der Waals surface area contributed by atoms with Crippen LogP contribution in [-0.2, 0) is 14.6 Å². The van der Waals surface area contributed by atoms with Gasteiger partial charge in [-0.1, -0.05) is 13.8 Å². The lowest BCUT2D eigenvalue weighted by atomic mass is 9.92. The summed E-state index contributed by atoms with van der Waals surface area (Å²) in [6, 6.07) is 0. The van der Waals surface area contributed by atoms with Crippen LogP contribution in [0.4, 0.5) is 0 Å². The normalized spacial score (nSPS) is 28.9. The molecule has 1 heterocycles. The Balaban J connectivity index is 2.74. The van der Waals surface area contributed by atoms with Crippen molar-refractivity contribution in [1.82, 2.24) is 4.90 Å². The summed E-state index contributed by atoms with van der Waals surface area (Å²) in [5.41, 5.74) is 0. The van der Waals surface area contributed by atoms with Crippen molar-refractivity contribution in [2.45, 2.75) is 32.4 Å². The van der Waals surface area contributed by atoms with Crippen molar-refractivity contribution in [3.8, 4) is 0 Å². The van der Waals surface area contributed by atoms with Crippen LogP contribution < -0.4 is 0 Å². The van der Waals surface area contributed by atoms with Gasteiger partial charge in [0.15, 0.2) is 9.84 Å². The fourth-order valence-corrected chi connectivity index (χ4v) is 2.80. The standard InChI is InChI=1S/C11H21NO3S/c1-8-5-9(2)7-12(6-8)11(13)10(3)16(4,14)15/h8-10H,5-7H2,1-4H3/t8-,9-,10+/m1/s1. The SMILES string of the molecule is C[C@@H]1C[C@@H](C)CN(C(=O)[C@H](C)S(C)(=O)=O)C1. The first kappa shape index (κ1) is 13.5. The Kier molecular flexibility index (Phi) is 3.99. The summed E-state index contributed by atoms with van der Waals surface area (Å²) >= 11 is 0. The number of piperidine rings is 1. The van der Waals surface area contributed by atoms with Crippen molar-refractivity contribution in [1.29, 1.82) is 0 Å². The minimum atomic E-state index is -3.28. The van der Waals surface area contributed by atoms with E-state index in [1.807, 2.05) is 0 Å². The maximum absolute atomic E-state index is 12.0. The van der Waals surface area contributed by atoms with Gasteiger partial charge < -0.3 is 4.90 Å². The van der Waals surface area contributed by atoms with Gasteiger partial charge in [-0.15, -0.1) is 0 Å².